The molecule has 1 aliphatic carbocycles. The van der Waals surface area contributed by atoms with Crippen molar-refractivity contribution in [2.45, 2.75) is 47.0 Å². The molecule has 0 saturated heterocycles. The number of ether oxygens (including phenoxy) is 2. The number of amides is 1. The molecule has 152 valence electrons. The fraction of sp³-hybridized carbons (Fsp3) is 0.545. The first-order chi connectivity index (χ1) is 13.3. The molecule has 1 heterocycles. The number of nitrogens with zero attached hydrogens (tertiary/aromatic N) is 1. The van der Waals surface area contributed by atoms with Gasteiger partial charge in [-0.2, -0.15) is 5.10 Å². The lowest BCUT2D eigenvalue weighted by molar-refractivity contribution is 0.0939. The number of fused-ring (bicyclic) bond motifs is 1. The molecule has 1 unspecified atom stereocenters. The number of aromatic nitrogens is 2. The molecular formula is C22H31N3O3. The van der Waals surface area contributed by atoms with Crippen LogP contribution in [0, 0.1) is 18.3 Å². The summed E-state index contributed by atoms with van der Waals surface area (Å²) in [6.45, 7) is 9.56. The number of aryl methyl sites for hydroxylation is 2. The van der Waals surface area contributed by atoms with E-state index in [-0.39, 0.29) is 11.3 Å². The van der Waals surface area contributed by atoms with Crippen molar-refractivity contribution < 1.29 is 14.3 Å². The average Bonchev–Trinajstić information content (AvgIpc) is 3.08. The van der Waals surface area contributed by atoms with Gasteiger partial charge in [-0.25, -0.2) is 0 Å². The summed E-state index contributed by atoms with van der Waals surface area (Å²) in [6.07, 6.45) is 2.98. The van der Waals surface area contributed by atoms with Gasteiger partial charge in [-0.1, -0.05) is 26.8 Å². The summed E-state index contributed by atoms with van der Waals surface area (Å²) in [6, 6.07) is 5.78. The Morgan fingerprint density at radius 2 is 2.11 bits per heavy atom. The number of nitrogens with one attached hydrogen (secondary N) is 2. The molecule has 0 saturated carbocycles. The number of hydrogen-bond acceptors (Lipinski definition) is 4. The summed E-state index contributed by atoms with van der Waals surface area (Å²) in [5.41, 5.74) is 4.03. The zero-order valence-electron chi connectivity index (χ0n) is 17.5. The molecule has 0 aliphatic heterocycles. The van der Waals surface area contributed by atoms with Gasteiger partial charge in [0.25, 0.3) is 5.91 Å². The Kier molecular flexibility index (Phi) is 5.96. The van der Waals surface area contributed by atoms with Gasteiger partial charge in [-0.05, 0) is 55.2 Å². The van der Waals surface area contributed by atoms with Gasteiger partial charge in [0.2, 0.25) is 0 Å². The molecule has 6 heteroatoms. The molecular weight excluding hydrogens is 354 g/mol. The molecule has 1 aromatic heterocycles. The summed E-state index contributed by atoms with van der Waals surface area (Å²) < 4.78 is 11.1. The van der Waals surface area contributed by atoms with E-state index in [2.05, 4.69) is 36.3 Å². The van der Waals surface area contributed by atoms with E-state index in [4.69, 9.17) is 9.47 Å². The minimum Gasteiger partial charge on any atom is -0.493 e. The van der Waals surface area contributed by atoms with E-state index in [1.54, 1.807) is 7.11 Å². The Hall–Kier alpha value is -2.50. The average molecular weight is 386 g/mol. The zero-order chi connectivity index (χ0) is 20.3. The largest absolute Gasteiger partial charge is 0.493 e. The third-order valence-electron chi connectivity index (χ3n) is 5.55. The maximum Gasteiger partial charge on any atom is 0.272 e. The Bertz CT molecular complexity index is 836. The van der Waals surface area contributed by atoms with Crippen LogP contribution >= 0.6 is 0 Å². The Labute approximate surface area is 167 Å². The van der Waals surface area contributed by atoms with Crippen molar-refractivity contribution in [2.75, 3.05) is 20.3 Å². The first-order valence-corrected chi connectivity index (χ1v) is 9.91. The van der Waals surface area contributed by atoms with Crippen molar-refractivity contribution in [3.63, 3.8) is 0 Å². The second kappa shape index (κ2) is 8.25. The Morgan fingerprint density at radius 1 is 1.32 bits per heavy atom. The van der Waals surface area contributed by atoms with Crippen molar-refractivity contribution in [1.82, 2.24) is 15.5 Å². The summed E-state index contributed by atoms with van der Waals surface area (Å²) in [4.78, 5) is 12.6. The van der Waals surface area contributed by atoms with Crippen molar-refractivity contribution >= 4 is 5.91 Å². The second-order valence-electron chi connectivity index (χ2n) is 8.59. The summed E-state index contributed by atoms with van der Waals surface area (Å²) in [5, 5.41) is 10.3. The molecule has 1 amide bonds. The standard InChI is InChI=1S/C22H31N3O3/c1-14-6-9-18(19(12-14)27-5)28-11-10-23-21(26)20-16-13-15(22(2,3)4)7-8-17(16)24-25-20/h6,9,12,15H,7-8,10-11,13H2,1-5H3,(H,23,26)(H,24,25). The maximum absolute atomic E-state index is 12.6. The first-order valence-electron chi connectivity index (χ1n) is 9.91. The minimum atomic E-state index is -0.147. The van der Waals surface area contributed by atoms with Crippen molar-refractivity contribution in [1.29, 1.82) is 0 Å². The van der Waals surface area contributed by atoms with Crippen molar-refractivity contribution in [3.8, 4) is 11.5 Å². The van der Waals surface area contributed by atoms with Gasteiger partial charge in [-0.15, -0.1) is 0 Å². The number of methoxy groups -OCH3 is 1. The van der Waals surface area contributed by atoms with Crippen LogP contribution in [-0.4, -0.2) is 36.4 Å². The van der Waals surface area contributed by atoms with Gasteiger partial charge < -0.3 is 14.8 Å². The third-order valence-corrected chi connectivity index (χ3v) is 5.55. The fourth-order valence-electron chi connectivity index (χ4n) is 3.73. The summed E-state index contributed by atoms with van der Waals surface area (Å²) in [7, 11) is 1.62. The van der Waals surface area contributed by atoms with Gasteiger partial charge in [0.1, 0.15) is 6.61 Å². The molecule has 1 aliphatic rings. The molecule has 2 aromatic rings. The van der Waals surface area contributed by atoms with Crippen LogP contribution < -0.4 is 14.8 Å². The number of benzene rings is 1. The summed E-state index contributed by atoms with van der Waals surface area (Å²) >= 11 is 0. The number of aromatic amines is 1. The monoisotopic (exact) mass is 385 g/mol. The number of hydrogen-bond donors (Lipinski definition) is 2. The topological polar surface area (TPSA) is 76.2 Å². The van der Waals surface area contributed by atoms with E-state index >= 15 is 0 Å². The van der Waals surface area contributed by atoms with Crippen LogP contribution in [-0.2, 0) is 12.8 Å². The zero-order valence-corrected chi connectivity index (χ0v) is 17.5. The van der Waals surface area contributed by atoms with Gasteiger partial charge >= 0.3 is 0 Å². The van der Waals surface area contributed by atoms with E-state index in [0.29, 0.717) is 36.3 Å². The van der Waals surface area contributed by atoms with Crippen LogP contribution in [0.3, 0.4) is 0 Å². The van der Waals surface area contributed by atoms with E-state index in [0.717, 1.165) is 36.1 Å². The van der Waals surface area contributed by atoms with Crippen LogP contribution in [0.5, 0.6) is 11.5 Å². The van der Waals surface area contributed by atoms with Crippen LogP contribution in [0.2, 0.25) is 0 Å². The van der Waals surface area contributed by atoms with Crippen LogP contribution in [0.4, 0.5) is 0 Å². The lowest BCUT2D eigenvalue weighted by Gasteiger charge is -2.33. The molecule has 0 spiro atoms. The normalized spacial score (nSPS) is 16.4. The highest BCUT2D eigenvalue weighted by Crippen LogP contribution is 2.37. The second-order valence-corrected chi connectivity index (χ2v) is 8.59. The number of H-pyrrole nitrogens is 1. The Morgan fingerprint density at radius 3 is 2.82 bits per heavy atom. The Balaban J connectivity index is 1.56. The third kappa shape index (κ3) is 4.49. The molecule has 0 radical (unpaired) electrons. The molecule has 6 nitrogen and oxygen atoms in total. The van der Waals surface area contributed by atoms with Gasteiger partial charge in [0, 0.05) is 11.3 Å². The van der Waals surface area contributed by atoms with E-state index < -0.39 is 0 Å². The number of carbonyl (C=O) groups is 1. The lowest BCUT2D eigenvalue weighted by Crippen LogP contribution is -2.31. The summed E-state index contributed by atoms with van der Waals surface area (Å²) in [5.74, 6) is 1.78. The van der Waals surface area contributed by atoms with E-state index in [1.807, 2.05) is 25.1 Å². The minimum absolute atomic E-state index is 0.147. The van der Waals surface area contributed by atoms with Gasteiger partial charge in [0.05, 0.1) is 13.7 Å². The van der Waals surface area contributed by atoms with Gasteiger partial charge in [0.15, 0.2) is 17.2 Å². The highest BCUT2D eigenvalue weighted by atomic mass is 16.5. The highest BCUT2D eigenvalue weighted by Gasteiger charge is 2.32. The van der Waals surface area contributed by atoms with E-state index in [1.165, 1.54) is 0 Å². The SMILES string of the molecule is COc1cc(C)ccc1OCCNC(=O)c1n[nH]c2c1CC(C(C)(C)C)CC2. The van der Waals surface area contributed by atoms with Crippen LogP contribution in [0.25, 0.3) is 0 Å². The smallest absolute Gasteiger partial charge is 0.272 e. The highest BCUT2D eigenvalue weighted by molar-refractivity contribution is 5.94. The quantitative estimate of drug-likeness (QED) is 0.744. The van der Waals surface area contributed by atoms with Gasteiger partial charge in [-0.3, -0.25) is 9.89 Å². The van der Waals surface area contributed by atoms with E-state index in [9.17, 15) is 4.79 Å². The molecule has 0 fully saturated rings. The van der Waals surface area contributed by atoms with Crippen molar-refractivity contribution in [3.05, 3.63) is 40.7 Å². The number of rotatable bonds is 6. The molecule has 1 aromatic carbocycles. The maximum atomic E-state index is 12.6. The molecule has 0 bridgehead atoms. The van der Waals surface area contributed by atoms with Crippen LogP contribution in [0.1, 0.15) is 54.5 Å². The van der Waals surface area contributed by atoms with Crippen molar-refractivity contribution in [2.24, 2.45) is 11.3 Å². The number of carbonyl (C=O) groups excluding carboxylic acids is 1. The molecule has 2 N–H and O–H groups in total. The molecule has 1 atom stereocenters. The lowest BCUT2D eigenvalue weighted by atomic mass is 9.71. The fourth-order valence-corrected chi connectivity index (χ4v) is 3.73. The predicted octanol–water partition coefficient (Wildman–Crippen LogP) is 3.69. The predicted molar refractivity (Wildman–Crippen MR) is 109 cm³/mol. The van der Waals surface area contributed by atoms with Crippen LogP contribution in [0.15, 0.2) is 18.2 Å². The molecule has 28 heavy (non-hydrogen) atoms. The first kappa shape index (κ1) is 20.2. The molecule has 3 rings (SSSR count).